The summed E-state index contributed by atoms with van der Waals surface area (Å²) in [6.45, 7) is 5.70. The van der Waals surface area contributed by atoms with E-state index >= 15 is 0 Å². The third kappa shape index (κ3) is 5.57. The normalized spacial score (nSPS) is 12.4. The molecule has 146 valence electrons. The fourth-order valence-electron chi connectivity index (χ4n) is 2.98. The minimum absolute atomic E-state index is 0.203. The number of sulfonamides is 1. The van der Waals surface area contributed by atoms with Crippen molar-refractivity contribution >= 4 is 21.6 Å². The van der Waals surface area contributed by atoms with Crippen LogP contribution in [-0.4, -0.2) is 27.1 Å². The standard InChI is InChI=1S/C21H28N2O3S/c1-5-17-11-13-19(14-12-17)16(3)22-21(24)15-23(27(4,25)26)20-10-8-7-9-18(20)6-2/h7-14,16H,5-6,15H2,1-4H3,(H,22,24)/t16-/m1/s1. The van der Waals surface area contributed by atoms with Gasteiger partial charge in [0, 0.05) is 0 Å². The molecule has 1 N–H and O–H groups in total. The highest BCUT2D eigenvalue weighted by atomic mass is 32.2. The van der Waals surface area contributed by atoms with Crippen molar-refractivity contribution in [1.29, 1.82) is 0 Å². The van der Waals surface area contributed by atoms with E-state index in [0.29, 0.717) is 12.1 Å². The van der Waals surface area contributed by atoms with Crippen LogP contribution in [0.4, 0.5) is 5.69 Å². The van der Waals surface area contributed by atoms with Crippen molar-refractivity contribution in [1.82, 2.24) is 5.32 Å². The first-order chi connectivity index (χ1) is 12.8. The number of rotatable bonds is 8. The molecular weight excluding hydrogens is 360 g/mol. The maximum atomic E-state index is 12.6. The van der Waals surface area contributed by atoms with Crippen molar-refractivity contribution < 1.29 is 13.2 Å². The van der Waals surface area contributed by atoms with Crippen molar-refractivity contribution in [2.24, 2.45) is 0 Å². The molecule has 0 aliphatic heterocycles. The minimum atomic E-state index is -3.58. The Morgan fingerprint density at radius 3 is 2.22 bits per heavy atom. The Bertz CT molecular complexity index is 877. The molecule has 0 bridgehead atoms. The van der Waals surface area contributed by atoms with Crippen LogP contribution in [0.1, 0.15) is 43.5 Å². The number of amides is 1. The van der Waals surface area contributed by atoms with Crippen LogP contribution in [0.25, 0.3) is 0 Å². The van der Waals surface area contributed by atoms with Crippen LogP contribution < -0.4 is 9.62 Å². The van der Waals surface area contributed by atoms with Gasteiger partial charge in [0.2, 0.25) is 15.9 Å². The van der Waals surface area contributed by atoms with Crippen LogP contribution in [0.3, 0.4) is 0 Å². The molecule has 0 spiro atoms. The quantitative estimate of drug-likeness (QED) is 0.753. The fourth-order valence-corrected chi connectivity index (χ4v) is 3.86. The lowest BCUT2D eigenvalue weighted by Gasteiger charge is -2.25. The molecule has 6 heteroatoms. The highest BCUT2D eigenvalue weighted by molar-refractivity contribution is 7.92. The van der Waals surface area contributed by atoms with Gasteiger partial charge in [-0.2, -0.15) is 0 Å². The number of para-hydroxylation sites is 1. The summed E-state index contributed by atoms with van der Waals surface area (Å²) in [6, 6.07) is 15.1. The summed E-state index contributed by atoms with van der Waals surface area (Å²) < 4.78 is 25.8. The molecule has 0 heterocycles. The number of hydrogen-bond acceptors (Lipinski definition) is 3. The summed E-state index contributed by atoms with van der Waals surface area (Å²) in [5.74, 6) is -0.335. The first-order valence-corrected chi connectivity index (χ1v) is 11.0. The first-order valence-electron chi connectivity index (χ1n) is 9.20. The summed E-state index contributed by atoms with van der Waals surface area (Å²) >= 11 is 0. The lowest BCUT2D eigenvalue weighted by molar-refractivity contribution is -0.120. The first kappa shape index (κ1) is 21.0. The average Bonchev–Trinajstić information content (AvgIpc) is 2.65. The Balaban J connectivity index is 2.16. The van der Waals surface area contributed by atoms with E-state index in [-0.39, 0.29) is 18.5 Å². The number of hydrogen-bond donors (Lipinski definition) is 1. The molecule has 0 unspecified atom stereocenters. The molecule has 27 heavy (non-hydrogen) atoms. The van der Waals surface area contributed by atoms with Crippen LogP contribution in [0.5, 0.6) is 0 Å². The predicted molar refractivity (Wildman–Crippen MR) is 110 cm³/mol. The van der Waals surface area contributed by atoms with Gasteiger partial charge in [-0.25, -0.2) is 8.42 Å². The highest BCUT2D eigenvalue weighted by Crippen LogP contribution is 2.23. The number of carbonyl (C=O) groups excluding carboxylic acids is 1. The second-order valence-corrected chi connectivity index (χ2v) is 8.54. The number of nitrogens with zero attached hydrogens (tertiary/aromatic N) is 1. The molecule has 0 aliphatic rings. The molecule has 2 rings (SSSR count). The van der Waals surface area contributed by atoms with Gasteiger partial charge in [-0.15, -0.1) is 0 Å². The Labute approximate surface area is 162 Å². The molecule has 0 saturated heterocycles. The summed E-state index contributed by atoms with van der Waals surface area (Å²) in [5, 5.41) is 2.90. The molecule has 0 saturated carbocycles. The van der Waals surface area contributed by atoms with E-state index in [9.17, 15) is 13.2 Å². The summed E-state index contributed by atoms with van der Waals surface area (Å²) in [5.41, 5.74) is 3.66. The zero-order chi connectivity index (χ0) is 20.0. The fraction of sp³-hybridized carbons (Fsp3) is 0.381. The molecule has 2 aromatic carbocycles. The van der Waals surface area contributed by atoms with Crippen molar-refractivity contribution in [3.8, 4) is 0 Å². The van der Waals surface area contributed by atoms with Crippen molar-refractivity contribution in [2.45, 2.75) is 39.7 Å². The van der Waals surface area contributed by atoms with E-state index in [0.717, 1.165) is 23.8 Å². The van der Waals surface area contributed by atoms with E-state index in [4.69, 9.17) is 0 Å². The SMILES string of the molecule is CCc1ccc([C@@H](C)NC(=O)CN(c2ccccc2CC)S(C)(=O)=O)cc1. The Kier molecular flexibility index (Phi) is 7.02. The number of benzene rings is 2. The van der Waals surface area contributed by atoms with E-state index in [1.54, 1.807) is 12.1 Å². The Morgan fingerprint density at radius 2 is 1.67 bits per heavy atom. The highest BCUT2D eigenvalue weighted by Gasteiger charge is 2.23. The average molecular weight is 389 g/mol. The number of nitrogens with one attached hydrogen (secondary N) is 1. The molecule has 1 atom stereocenters. The van der Waals surface area contributed by atoms with Crippen molar-refractivity contribution in [3.05, 3.63) is 65.2 Å². The lowest BCUT2D eigenvalue weighted by atomic mass is 10.1. The second-order valence-electron chi connectivity index (χ2n) is 6.64. The molecule has 1 amide bonds. The van der Waals surface area contributed by atoms with Gasteiger partial charge in [-0.3, -0.25) is 9.10 Å². The van der Waals surface area contributed by atoms with Crippen LogP contribution in [0.15, 0.2) is 48.5 Å². The topological polar surface area (TPSA) is 66.5 Å². The monoisotopic (exact) mass is 388 g/mol. The Morgan fingerprint density at radius 1 is 1.04 bits per heavy atom. The van der Waals surface area contributed by atoms with Gasteiger partial charge in [0.15, 0.2) is 0 Å². The Hall–Kier alpha value is -2.34. The summed E-state index contributed by atoms with van der Waals surface area (Å²) in [7, 11) is -3.58. The van der Waals surface area contributed by atoms with Crippen LogP contribution in [-0.2, 0) is 27.7 Å². The second kappa shape index (κ2) is 9.04. The van der Waals surface area contributed by atoms with E-state index < -0.39 is 10.0 Å². The maximum absolute atomic E-state index is 12.6. The van der Waals surface area contributed by atoms with Crippen LogP contribution >= 0.6 is 0 Å². The largest absolute Gasteiger partial charge is 0.348 e. The van der Waals surface area contributed by atoms with E-state index in [2.05, 4.69) is 12.2 Å². The van der Waals surface area contributed by atoms with Crippen molar-refractivity contribution in [3.63, 3.8) is 0 Å². The van der Waals surface area contributed by atoms with E-state index in [1.165, 1.54) is 9.87 Å². The number of aryl methyl sites for hydroxylation is 2. The summed E-state index contributed by atoms with van der Waals surface area (Å²) in [6.07, 6.45) is 2.77. The van der Waals surface area contributed by atoms with Gasteiger partial charge in [0.05, 0.1) is 18.0 Å². The molecule has 2 aromatic rings. The van der Waals surface area contributed by atoms with Crippen LogP contribution in [0.2, 0.25) is 0 Å². The maximum Gasteiger partial charge on any atom is 0.241 e. The molecular formula is C21H28N2O3S. The van der Waals surface area contributed by atoms with Crippen LogP contribution in [0, 0.1) is 0 Å². The molecule has 5 nitrogen and oxygen atoms in total. The van der Waals surface area contributed by atoms with Crippen molar-refractivity contribution in [2.75, 3.05) is 17.1 Å². The van der Waals surface area contributed by atoms with Gasteiger partial charge < -0.3 is 5.32 Å². The van der Waals surface area contributed by atoms with Gasteiger partial charge in [-0.1, -0.05) is 56.3 Å². The molecule has 0 fully saturated rings. The molecule has 0 aliphatic carbocycles. The minimum Gasteiger partial charge on any atom is -0.348 e. The zero-order valence-corrected chi connectivity index (χ0v) is 17.2. The molecule has 0 aromatic heterocycles. The third-order valence-corrected chi connectivity index (χ3v) is 5.72. The van der Waals surface area contributed by atoms with Gasteiger partial charge >= 0.3 is 0 Å². The van der Waals surface area contributed by atoms with E-state index in [1.807, 2.05) is 50.2 Å². The molecule has 0 radical (unpaired) electrons. The predicted octanol–water partition coefficient (Wildman–Crippen LogP) is 3.45. The van der Waals surface area contributed by atoms with Gasteiger partial charge in [0.1, 0.15) is 6.54 Å². The lowest BCUT2D eigenvalue weighted by Crippen LogP contribution is -2.41. The smallest absolute Gasteiger partial charge is 0.241 e. The number of carbonyl (C=O) groups is 1. The van der Waals surface area contributed by atoms with Gasteiger partial charge in [-0.05, 0) is 42.5 Å². The zero-order valence-electron chi connectivity index (χ0n) is 16.4. The summed E-state index contributed by atoms with van der Waals surface area (Å²) in [4.78, 5) is 12.6. The van der Waals surface area contributed by atoms with Gasteiger partial charge in [0.25, 0.3) is 0 Å². The number of anilines is 1. The third-order valence-electron chi connectivity index (χ3n) is 4.59.